The molecule has 0 aliphatic carbocycles. The van der Waals surface area contributed by atoms with Crippen molar-refractivity contribution in [3.05, 3.63) is 35.9 Å². The molecule has 28 heavy (non-hydrogen) atoms. The standard InChI is InChI=1S/C19H27N3O6/c1-4-27-15(23)10-14(17(20)24)21-18(25)16(12(2)3)22-19(26)28-11-13-8-6-5-7-9-13/h5-9,12,14,16H,4,10-11H2,1-3H3,(H2,20,24)(H,21,25)(H,22,26)/t14-,16+/m0/s1. The van der Waals surface area contributed by atoms with Crippen molar-refractivity contribution in [3.63, 3.8) is 0 Å². The highest BCUT2D eigenvalue weighted by Crippen LogP contribution is 2.06. The van der Waals surface area contributed by atoms with Gasteiger partial charge >= 0.3 is 12.1 Å². The molecule has 0 bridgehead atoms. The number of carbonyl (C=O) groups excluding carboxylic acids is 4. The Morgan fingerprint density at radius 3 is 2.21 bits per heavy atom. The maximum atomic E-state index is 12.5. The molecule has 1 aromatic carbocycles. The quantitative estimate of drug-likeness (QED) is 0.504. The summed E-state index contributed by atoms with van der Waals surface area (Å²) in [5.74, 6) is -2.50. The fraction of sp³-hybridized carbons (Fsp3) is 0.474. The van der Waals surface area contributed by atoms with Gasteiger partial charge in [0.1, 0.15) is 18.7 Å². The van der Waals surface area contributed by atoms with Crippen LogP contribution in [0.15, 0.2) is 30.3 Å². The number of ether oxygens (including phenoxy) is 2. The summed E-state index contributed by atoms with van der Waals surface area (Å²) in [5.41, 5.74) is 6.04. The molecule has 4 N–H and O–H groups in total. The van der Waals surface area contributed by atoms with Gasteiger partial charge in [-0.15, -0.1) is 0 Å². The van der Waals surface area contributed by atoms with Gasteiger partial charge in [-0.3, -0.25) is 14.4 Å². The van der Waals surface area contributed by atoms with E-state index in [4.69, 9.17) is 15.2 Å². The lowest BCUT2D eigenvalue weighted by molar-refractivity contribution is -0.145. The molecule has 0 aliphatic heterocycles. The molecule has 2 atom stereocenters. The molecule has 0 heterocycles. The minimum absolute atomic E-state index is 0.0475. The second-order valence-corrected chi connectivity index (χ2v) is 6.40. The van der Waals surface area contributed by atoms with Gasteiger partial charge < -0.3 is 25.8 Å². The van der Waals surface area contributed by atoms with Crippen LogP contribution in [0.1, 0.15) is 32.8 Å². The summed E-state index contributed by atoms with van der Waals surface area (Å²) < 4.78 is 9.87. The van der Waals surface area contributed by atoms with E-state index >= 15 is 0 Å². The SMILES string of the molecule is CCOC(=O)C[C@H](NC(=O)[C@H](NC(=O)OCc1ccccc1)C(C)C)C(N)=O. The summed E-state index contributed by atoms with van der Waals surface area (Å²) in [6.45, 7) is 5.24. The molecule has 1 rings (SSSR count). The third-order valence-corrected chi connectivity index (χ3v) is 3.77. The molecule has 0 radical (unpaired) electrons. The van der Waals surface area contributed by atoms with Crippen molar-refractivity contribution in [3.8, 4) is 0 Å². The van der Waals surface area contributed by atoms with Crippen LogP contribution < -0.4 is 16.4 Å². The van der Waals surface area contributed by atoms with E-state index in [0.29, 0.717) is 0 Å². The van der Waals surface area contributed by atoms with Gasteiger partial charge in [0.05, 0.1) is 13.0 Å². The molecule has 0 fully saturated rings. The van der Waals surface area contributed by atoms with Crippen molar-refractivity contribution in [1.82, 2.24) is 10.6 Å². The molecule has 0 aromatic heterocycles. The Hall–Kier alpha value is -3.10. The van der Waals surface area contributed by atoms with Crippen LogP contribution in [-0.4, -0.2) is 42.6 Å². The van der Waals surface area contributed by atoms with Gasteiger partial charge in [0.2, 0.25) is 11.8 Å². The summed E-state index contributed by atoms with van der Waals surface area (Å²) >= 11 is 0. The number of primary amides is 1. The number of rotatable bonds is 10. The highest BCUT2D eigenvalue weighted by Gasteiger charge is 2.29. The average molecular weight is 393 g/mol. The summed E-state index contributed by atoms with van der Waals surface area (Å²) in [7, 11) is 0. The Morgan fingerprint density at radius 2 is 1.68 bits per heavy atom. The summed E-state index contributed by atoms with van der Waals surface area (Å²) in [5, 5.41) is 4.85. The third kappa shape index (κ3) is 8.07. The van der Waals surface area contributed by atoms with E-state index < -0.39 is 42.4 Å². The molecule has 0 saturated carbocycles. The summed E-state index contributed by atoms with van der Waals surface area (Å²) in [4.78, 5) is 47.7. The van der Waals surface area contributed by atoms with Crippen LogP contribution in [0.25, 0.3) is 0 Å². The second kappa shape index (κ2) is 11.6. The molecule has 0 saturated heterocycles. The molecule has 154 valence electrons. The van der Waals surface area contributed by atoms with Crippen molar-refractivity contribution in [2.24, 2.45) is 11.7 Å². The molecule has 9 heteroatoms. The lowest BCUT2D eigenvalue weighted by atomic mass is 10.0. The second-order valence-electron chi connectivity index (χ2n) is 6.40. The Kier molecular flexibility index (Phi) is 9.49. The van der Waals surface area contributed by atoms with Crippen LogP contribution in [0.3, 0.4) is 0 Å². The lowest BCUT2D eigenvalue weighted by Crippen LogP contribution is -2.55. The molecule has 9 nitrogen and oxygen atoms in total. The number of carbonyl (C=O) groups is 4. The topological polar surface area (TPSA) is 137 Å². The van der Waals surface area contributed by atoms with E-state index in [-0.39, 0.29) is 19.1 Å². The van der Waals surface area contributed by atoms with Crippen LogP contribution in [0.4, 0.5) is 4.79 Å². The van der Waals surface area contributed by atoms with Crippen molar-refractivity contribution in [2.45, 2.75) is 45.9 Å². The molecule has 1 aromatic rings. The van der Waals surface area contributed by atoms with Gasteiger partial charge in [-0.1, -0.05) is 44.2 Å². The van der Waals surface area contributed by atoms with Crippen molar-refractivity contribution >= 4 is 23.9 Å². The largest absolute Gasteiger partial charge is 0.466 e. The fourth-order valence-electron chi connectivity index (χ4n) is 2.30. The average Bonchev–Trinajstić information content (AvgIpc) is 2.64. The zero-order valence-electron chi connectivity index (χ0n) is 16.3. The maximum Gasteiger partial charge on any atom is 0.408 e. The van der Waals surface area contributed by atoms with Crippen molar-refractivity contribution < 1.29 is 28.7 Å². The summed E-state index contributed by atoms with van der Waals surface area (Å²) in [6.07, 6.45) is -1.17. The molecule has 3 amide bonds. The Bertz CT molecular complexity index is 678. The number of benzene rings is 1. The fourth-order valence-corrected chi connectivity index (χ4v) is 2.30. The van der Waals surface area contributed by atoms with E-state index in [1.807, 2.05) is 18.2 Å². The van der Waals surface area contributed by atoms with Gasteiger partial charge in [-0.25, -0.2) is 4.79 Å². The highest BCUT2D eigenvalue weighted by atomic mass is 16.5. The third-order valence-electron chi connectivity index (χ3n) is 3.77. The van der Waals surface area contributed by atoms with Gasteiger partial charge in [0, 0.05) is 0 Å². The summed E-state index contributed by atoms with van der Waals surface area (Å²) in [6, 6.07) is 6.85. The highest BCUT2D eigenvalue weighted by molar-refractivity contribution is 5.92. The van der Waals surface area contributed by atoms with Gasteiger partial charge in [0.15, 0.2) is 0 Å². The van der Waals surface area contributed by atoms with E-state index in [2.05, 4.69) is 10.6 Å². The number of amides is 3. The number of hydrogen-bond acceptors (Lipinski definition) is 6. The van der Waals surface area contributed by atoms with Gasteiger partial charge in [-0.2, -0.15) is 0 Å². The first kappa shape index (κ1) is 22.9. The first-order valence-corrected chi connectivity index (χ1v) is 8.97. The van der Waals surface area contributed by atoms with E-state index in [9.17, 15) is 19.2 Å². The minimum atomic E-state index is -1.24. The van der Waals surface area contributed by atoms with Crippen LogP contribution in [-0.2, 0) is 30.5 Å². The Balaban J connectivity index is 2.66. The normalized spacial score (nSPS) is 12.6. The molecule has 0 spiro atoms. The lowest BCUT2D eigenvalue weighted by Gasteiger charge is -2.23. The van der Waals surface area contributed by atoms with E-state index in [1.165, 1.54) is 0 Å². The molecular weight excluding hydrogens is 366 g/mol. The van der Waals surface area contributed by atoms with Crippen LogP contribution in [0.5, 0.6) is 0 Å². The number of nitrogens with one attached hydrogen (secondary N) is 2. The first-order valence-electron chi connectivity index (χ1n) is 8.97. The molecular formula is C19H27N3O6. The number of esters is 1. The predicted octanol–water partition coefficient (Wildman–Crippen LogP) is 0.861. The van der Waals surface area contributed by atoms with E-state index in [1.54, 1.807) is 32.9 Å². The van der Waals surface area contributed by atoms with Gasteiger partial charge in [-0.05, 0) is 18.4 Å². The van der Waals surface area contributed by atoms with Crippen LogP contribution in [0, 0.1) is 5.92 Å². The monoisotopic (exact) mass is 393 g/mol. The smallest absolute Gasteiger partial charge is 0.408 e. The number of alkyl carbamates (subject to hydrolysis) is 1. The van der Waals surface area contributed by atoms with Gasteiger partial charge in [0.25, 0.3) is 0 Å². The first-order chi connectivity index (χ1) is 13.2. The van der Waals surface area contributed by atoms with Crippen LogP contribution >= 0.6 is 0 Å². The minimum Gasteiger partial charge on any atom is -0.466 e. The van der Waals surface area contributed by atoms with Crippen molar-refractivity contribution in [2.75, 3.05) is 6.61 Å². The predicted molar refractivity (Wildman–Crippen MR) is 101 cm³/mol. The van der Waals surface area contributed by atoms with Crippen molar-refractivity contribution in [1.29, 1.82) is 0 Å². The van der Waals surface area contributed by atoms with E-state index in [0.717, 1.165) is 5.56 Å². The zero-order chi connectivity index (χ0) is 21.1. The number of hydrogen-bond donors (Lipinski definition) is 3. The maximum absolute atomic E-state index is 12.5. The molecule has 0 unspecified atom stereocenters. The molecule has 0 aliphatic rings. The Morgan fingerprint density at radius 1 is 1.04 bits per heavy atom. The van der Waals surface area contributed by atoms with Crippen LogP contribution in [0.2, 0.25) is 0 Å². The Labute approximate surface area is 163 Å². The zero-order valence-corrected chi connectivity index (χ0v) is 16.3. The number of nitrogens with two attached hydrogens (primary N) is 1.